The third-order valence-electron chi connectivity index (χ3n) is 4.96. The van der Waals surface area contributed by atoms with Gasteiger partial charge in [-0.25, -0.2) is 13.1 Å². The van der Waals surface area contributed by atoms with Gasteiger partial charge < -0.3 is 9.47 Å². The summed E-state index contributed by atoms with van der Waals surface area (Å²) in [6.07, 6.45) is 2.35. The Morgan fingerprint density at radius 3 is 2.75 bits per heavy atom. The van der Waals surface area contributed by atoms with Gasteiger partial charge in [-0.1, -0.05) is 12.5 Å². The molecule has 24 heavy (non-hydrogen) atoms. The first-order chi connectivity index (χ1) is 11.3. The highest BCUT2D eigenvalue weighted by Crippen LogP contribution is 2.40. The number of hydrogen-bond acceptors (Lipinski definition) is 5. The molecule has 0 unspecified atom stereocenters. The second kappa shape index (κ2) is 6.37. The van der Waals surface area contributed by atoms with E-state index in [2.05, 4.69) is 4.72 Å². The first-order valence-corrected chi connectivity index (χ1v) is 9.65. The van der Waals surface area contributed by atoms with Crippen molar-refractivity contribution in [2.24, 2.45) is 11.8 Å². The third kappa shape index (κ3) is 3.02. The Morgan fingerprint density at radius 1 is 1.29 bits per heavy atom. The zero-order valence-electron chi connectivity index (χ0n) is 14.2. The summed E-state index contributed by atoms with van der Waals surface area (Å²) in [6, 6.07) is 3.39. The van der Waals surface area contributed by atoms with Gasteiger partial charge in [-0.2, -0.15) is 0 Å². The number of fused-ring (bicyclic) bond motifs is 1. The second-order valence-electron chi connectivity index (χ2n) is 6.69. The summed E-state index contributed by atoms with van der Waals surface area (Å²) in [4.78, 5) is 12.5. The lowest BCUT2D eigenvalue weighted by Gasteiger charge is -2.18. The summed E-state index contributed by atoms with van der Waals surface area (Å²) >= 11 is 0. The minimum atomic E-state index is -4.02. The van der Waals surface area contributed by atoms with Crippen LogP contribution < -0.4 is 9.46 Å². The van der Waals surface area contributed by atoms with Crippen molar-refractivity contribution in [1.82, 2.24) is 4.72 Å². The number of aryl methyl sites for hydroxylation is 2. The van der Waals surface area contributed by atoms with Gasteiger partial charge in [0.1, 0.15) is 16.7 Å². The molecule has 0 aromatic heterocycles. The largest absolute Gasteiger partial charge is 0.495 e. The van der Waals surface area contributed by atoms with Crippen molar-refractivity contribution in [3.05, 3.63) is 23.3 Å². The molecule has 1 saturated heterocycles. The summed E-state index contributed by atoms with van der Waals surface area (Å²) in [5, 5.41) is 0. The zero-order valence-corrected chi connectivity index (χ0v) is 15.0. The van der Waals surface area contributed by atoms with Gasteiger partial charge in [0.05, 0.1) is 13.7 Å². The zero-order chi connectivity index (χ0) is 17.5. The van der Waals surface area contributed by atoms with E-state index < -0.39 is 22.0 Å². The van der Waals surface area contributed by atoms with Crippen LogP contribution in [0.2, 0.25) is 0 Å². The maximum Gasteiger partial charge on any atom is 0.268 e. The molecule has 2 fully saturated rings. The maximum atomic E-state index is 12.7. The van der Waals surface area contributed by atoms with Crippen LogP contribution in [0.15, 0.2) is 17.0 Å². The molecular weight excluding hydrogens is 330 g/mol. The minimum absolute atomic E-state index is 0.00455. The van der Waals surface area contributed by atoms with Crippen LogP contribution in [0.5, 0.6) is 5.75 Å². The van der Waals surface area contributed by atoms with Gasteiger partial charge in [-0.3, -0.25) is 4.79 Å². The average molecular weight is 353 g/mol. The fourth-order valence-corrected chi connectivity index (χ4v) is 5.32. The number of hydrogen-bond donors (Lipinski definition) is 1. The number of sulfonamides is 1. The number of benzene rings is 1. The van der Waals surface area contributed by atoms with E-state index in [1.165, 1.54) is 7.11 Å². The maximum absolute atomic E-state index is 12.7. The van der Waals surface area contributed by atoms with Gasteiger partial charge in [0.15, 0.2) is 0 Å². The summed E-state index contributed by atoms with van der Waals surface area (Å²) in [6.45, 7) is 4.08. The smallest absolute Gasteiger partial charge is 0.268 e. The topological polar surface area (TPSA) is 81.7 Å². The van der Waals surface area contributed by atoms with E-state index in [0.717, 1.165) is 24.8 Å². The molecule has 0 radical (unpaired) electrons. The first kappa shape index (κ1) is 17.2. The van der Waals surface area contributed by atoms with Gasteiger partial charge in [0, 0.05) is 0 Å². The fraction of sp³-hybridized carbons (Fsp3) is 0.588. The van der Waals surface area contributed by atoms with Gasteiger partial charge in [0.25, 0.3) is 15.9 Å². The van der Waals surface area contributed by atoms with E-state index in [1.807, 2.05) is 6.92 Å². The Balaban J connectivity index is 1.85. The van der Waals surface area contributed by atoms with Crippen LogP contribution in [0.25, 0.3) is 0 Å². The molecule has 1 saturated carbocycles. The molecule has 132 valence electrons. The Hall–Kier alpha value is -1.60. The van der Waals surface area contributed by atoms with Crippen LogP contribution >= 0.6 is 0 Å². The van der Waals surface area contributed by atoms with Crippen molar-refractivity contribution in [1.29, 1.82) is 0 Å². The predicted molar refractivity (Wildman–Crippen MR) is 88.4 cm³/mol. The normalized spacial score (nSPS) is 26.2. The highest BCUT2D eigenvalue weighted by molar-refractivity contribution is 7.90. The highest BCUT2D eigenvalue weighted by Gasteiger charge is 2.45. The number of carbonyl (C=O) groups excluding carboxylic acids is 1. The average Bonchev–Trinajstić information content (AvgIpc) is 3.07. The van der Waals surface area contributed by atoms with Crippen molar-refractivity contribution in [2.75, 3.05) is 13.7 Å². The molecule has 1 heterocycles. The van der Waals surface area contributed by atoms with Crippen LogP contribution in [-0.4, -0.2) is 34.1 Å². The lowest BCUT2D eigenvalue weighted by molar-refractivity contribution is -0.129. The quantitative estimate of drug-likeness (QED) is 0.894. The first-order valence-electron chi connectivity index (χ1n) is 8.17. The van der Waals surface area contributed by atoms with E-state index in [0.29, 0.717) is 18.1 Å². The SMILES string of the molecule is COc1cc(C)cc(C)c1S(=O)(=O)NC(=O)[C@@H]1OC[C@@H]2CCC[C@@H]21. The molecule has 0 bridgehead atoms. The van der Waals surface area contributed by atoms with Crippen LogP contribution in [0.3, 0.4) is 0 Å². The Kier molecular flexibility index (Phi) is 4.57. The van der Waals surface area contributed by atoms with E-state index in [-0.39, 0.29) is 16.6 Å². The van der Waals surface area contributed by atoms with Gasteiger partial charge in [0.2, 0.25) is 0 Å². The second-order valence-corrected chi connectivity index (χ2v) is 8.31. The fourth-order valence-electron chi connectivity index (χ4n) is 3.94. The lowest BCUT2D eigenvalue weighted by atomic mass is 9.94. The lowest BCUT2D eigenvalue weighted by Crippen LogP contribution is -2.41. The standard InChI is InChI=1S/C17H23NO5S/c1-10-7-11(2)16(14(8-10)22-3)24(20,21)18-17(19)15-13-6-4-5-12(13)9-23-15/h7-8,12-13,15H,4-6,9H2,1-3H3,(H,18,19)/t12-,13-,15+/m0/s1. The number of amides is 1. The van der Waals surface area contributed by atoms with Crippen LogP contribution in [0, 0.1) is 25.7 Å². The molecule has 3 rings (SSSR count). The van der Waals surface area contributed by atoms with E-state index in [1.54, 1.807) is 19.1 Å². The molecule has 1 amide bonds. The Morgan fingerprint density at radius 2 is 2.04 bits per heavy atom. The van der Waals surface area contributed by atoms with Gasteiger partial charge >= 0.3 is 0 Å². The highest BCUT2D eigenvalue weighted by atomic mass is 32.2. The van der Waals surface area contributed by atoms with Crippen LogP contribution in [0.4, 0.5) is 0 Å². The van der Waals surface area contributed by atoms with Crippen molar-refractivity contribution in [2.45, 2.75) is 44.1 Å². The third-order valence-corrected chi connectivity index (χ3v) is 6.49. The van der Waals surface area contributed by atoms with Crippen molar-refractivity contribution < 1.29 is 22.7 Å². The summed E-state index contributed by atoms with van der Waals surface area (Å²) < 4.78 is 38.4. The van der Waals surface area contributed by atoms with E-state index in [9.17, 15) is 13.2 Å². The molecule has 7 heteroatoms. The Bertz CT molecular complexity index is 758. The van der Waals surface area contributed by atoms with E-state index in [4.69, 9.17) is 9.47 Å². The molecule has 1 aliphatic heterocycles. The monoisotopic (exact) mass is 353 g/mol. The number of ether oxygens (including phenoxy) is 2. The molecule has 3 atom stereocenters. The molecule has 1 aromatic rings. The van der Waals surface area contributed by atoms with Crippen molar-refractivity contribution >= 4 is 15.9 Å². The predicted octanol–water partition coefficient (Wildman–Crippen LogP) is 1.93. The number of methoxy groups -OCH3 is 1. The summed E-state index contributed by atoms with van der Waals surface area (Å²) in [5.74, 6) is 0.158. The number of nitrogens with one attached hydrogen (secondary N) is 1. The summed E-state index contributed by atoms with van der Waals surface area (Å²) in [7, 11) is -2.61. The molecule has 1 aromatic carbocycles. The van der Waals surface area contributed by atoms with Crippen molar-refractivity contribution in [3.8, 4) is 5.75 Å². The van der Waals surface area contributed by atoms with Crippen LogP contribution in [-0.2, 0) is 19.6 Å². The van der Waals surface area contributed by atoms with E-state index >= 15 is 0 Å². The van der Waals surface area contributed by atoms with Crippen LogP contribution in [0.1, 0.15) is 30.4 Å². The van der Waals surface area contributed by atoms with Gasteiger partial charge in [-0.15, -0.1) is 0 Å². The van der Waals surface area contributed by atoms with Crippen molar-refractivity contribution in [3.63, 3.8) is 0 Å². The Labute approximate surface area is 142 Å². The molecule has 6 nitrogen and oxygen atoms in total. The number of rotatable bonds is 4. The molecule has 1 N–H and O–H groups in total. The minimum Gasteiger partial charge on any atom is -0.495 e. The van der Waals surface area contributed by atoms with Gasteiger partial charge in [-0.05, 0) is 55.7 Å². The molecule has 1 aliphatic carbocycles. The number of carbonyl (C=O) groups is 1. The molecule has 0 spiro atoms. The molecule has 2 aliphatic rings. The summed E-state index contributed by atoms with van der Waals surface area (Å²) in [5.41, 5.74) is 1.43. The molecular formula is C17H23NO5S.